The fourth-order valence-electron chi connectivity index (χ4n) is 1.44. The van der Waals surface area contributed by atoms with Crippen molar-refractivity contribution in [2.75, 3.05) is 31.8 Å². The van der Waals surface area contributed by atoms with Crippen LogP contribution >= 0.6 is 0 Å². The Morgan fingerprint density at radius 1 is 1.40 bits per heavy atom. The SMILES string of the molecule is COc1ccc(N(C)C)n2nc(N)nc12. The normalized spacial score (nSPS) is 10.6. The van der Waals surface area contributed by atoms with Crippen LogP contribution in [0.15, 0.2) is 12.1 Å². The average molecular weight is 207 g/mol. The molecule has 0 saturated carbocycles. The molecular weight excluding hydrogens is 194 g/mol. The van der Waals surface area contributed by atoms with Crippen LogP contribution in [-0.4, -0.2) is 35.8 Å². The van der Waals surface area contributed by atoms with Gasteiger partial charge in [0, 0.05) is 14.1 Å². The molecule has 2 rings (SSSR count). The molecule has 2 aromatic rings. The average Bonchev–Trinajstić information content (AvgIpc) is 2.56. The number of fused-ring (bicyclic) bond motifs is 1. The summed E-state index contributed by atoms with van der Waals surface area (Å²) >= 11 is 0. The summed E-state index contributed by atoms with van der Waals surface area (Å²) in [4.78, 5) is 6.04. The van der Waals surface area contributed by atoms with Crippen LogP contribution in [0.3, 0.4) is 0 Å². The van der Waals surface area contributed by atoms with E-state index in [4.69, 9.17) is 10.5 Å². The van der Waals surface area contributed by atoms with Crippen molar-refractivity contribution in [2.24, 2.45) is 0 Å². The zero-order valence-corrected chi connectivity index (χ0v) is 8.93. The van der Waals surface area contributed by atoms with Crippen LogP contribution in [0.1, 0.15) is 0 Å². The summed E-state index contributed by atoms with van der Waals surface area (Å²) in [5, 5.41) is 4.10. The highest BCUT2D eigenvalue weighted by molar-refractivity contribution is 5.61. The molecule has 6 nitrogen and oxygen atoms in total. The minimum Gasteiger partial charge on any atom is -0.493 e. The molecule has 0 aliphatic rings. The summed E-state index contributed by atoms with van der Waals surface area (Å²) in [7, 11) is 5.45. The van der Waals surface area contributed by atoms with Crippen LogP contribution in [0, 0.1) is 0 Å². The molecule has 0 bridgehead atoms. The fourth-order valence-corrected chi connectivity index (χ4v) is 1.44. The van der Waals surface area contributed by atoms with Gasteiger partial charge in [0.2, 0.25) is 11.6 Å². The lowest BCUT2D eigenvalue weighted by atomic mass is 10.4. The first-order valence-electron chi connectivity index (χ1n) is 4.50. The number of nitrogens with zero attached hydrogens (tertiary/aromatic N) is 4. The third kappa shape index (κ3) is 1.43. The first-order chi connectivity index (χ1) is 7.13. The summed E-state index contributed by atoms with van der Waals surface area (Å²) in [6.45, 7) is 0. The number of hydrogen-bond donors (Lipinski definition) is 1. The molecule has 0 spiro atoms. The maximum Gasteiger partial charge on any atom is 0.240 e. The third-order valence-corrected chi connectivity index (χ3v) is 2.12. The van der Waals surface area contributed by atoms with E-state index in [1.165, 1.54) is 0 Å². The van der Waals surface area contributed by atoms with E-state index in [1.54, 1.807) is 11.6 Å². The molecule has 0 amide bonds. The van der Waals surface area contributed by atoms with E-state index in [-0.39, 0.29) is 5.95 Å². The molecule has 15 heavy (non-hydrogen) atoms. The number of anilines is 2. The number of ether oxygens (including phenoxy) is 1. The van der Waals surface area contributed by atoms with E-state index in [1.807, 2.05) is 31.1 Å². The lowest BCUT2D eigenvalue weighted by molar-refractivity contribution is 0.416. The second-order valence-electron chi connectivity index (χ2n) is 3.36. The number of aromatic nitrogens is 3. The molecule has 0 atom stereocenters. The van der Waals surface area contributed by atoms with Crippen LogP contribution in [0.25, 0.3) is 5.65 Å². The fraction of sp³-hybridized carbons (Fsp3) is 0.333. The molecule has 80 valence electrons. The van der Waals surface area contributed by atoms with Crippen molar-refractivity contribution < 1.29 is 4.74 Å². The summed E-state index contributed by atoms with van der Waals surface area (Å²) in [6, 6.07) is 3.75. The van der Waals surface area contributed by atoms with Crippen LogP contribution in [0.4, 0.5) is 11.8 Å². The van der Waals surface area contributed by atoms with E-state index in [0.717, 1.165) is 5.82 Å². The number of methoxy groups -OCH3 is 1. The van der Waals surface area contributed by atoms with Crippen molar-refractivity contribution in [1.29, 1.82) is 0 Å². The van der Waals surface area contributed by atoms with Gasteiger partial charge in [-0.15, -0.1) is 5.10 Å². The van der Waals surface area contributed by atoms with Gasteiger partial charge in [0.15, 0.2) is 5.75 Å². The van der Waals surface area contributed by atoms with Crippen LogP contribution < -0.4 is 15.4 Å². The molecule has 0 saturated heterocycles. The first kappa shape index (κ1) is 9.57. The second kappa shape index (κ2) is 3.30. The topological polar surface area (TPSA) is 68.7 Å². The van der Waals surface area contributed by atoms with Gasteiger partial charge in [-0.05, 0) is 12.1 Å². The Hall–Kier alpha value is -1.98. The number of nitrogen functional groups attached to an aromatic ring is 1. The predicted molar refractivity (Wildman–Crippen MR) is 58.3 cm³/mol. The molecule has 2 heterocycles. The molecule has 6 heteroatoms. The molecule has 0 radical (unpaired) electrons. The highest BCUT2D eigenvalue weighted by atomic mass is 16.5. The Morgan fingerprint density at radius 2 is 2.13 bits per heavy atom. The van der Waals surface area contributed by atoms with E-state index in [0.29, 0.717) is 11.4 Å². The maximum absolute atomic E-state index is 5.57. The van der Waals surface area contributed by atoms with E-state index in [2.05, 4.69) is 10.1 Å². The monoisotopic (exact) mass is 207 g/mol. The van der Waals surface area contributed by atoms with Crippen molar-refractivity contribution in [3.63, 3.8) is 0 Å². The largest absolute Gasteiger partial charge is 0.493 e. The molecule has 0 aromatic carbocycles. The first-order valence-corrected chi connectivity index (χ1v) is 4.50. The van der Waals surface area contributed by atoms with Crippen LogP contribution in [-0.2, 0) is 0 Å². The molecule has 0 aliphatic carbocycles. The van der Waals surface area contributed by atoms with Gasteiger partial charge in [0.05, 0.1) is 7.11 Å². The highest BCUT2D eigenvalue weighted by Crippen LogP contribution is 2.23. The zero-order valence-electron chi connectivity index (χ0n) is 8.93. The smallest absolute Gasteiger partial charge is 0.240 e. The van der Waals surface area contributed by atoms with Gasteiger partial charge in [-0.3, -0.25) is 0 Å². The van der Waals surface area contributed by atoms with Crippen molar-refractivity contribution in [3.8, 4) is 5.75 Å². The van der Waals surface area contributed by atoms with Gasteiger partial charge in [-0.25, -0.2) is 0 Å². The Kier molecular flexibility index (Phi) is 2.11. The highest BCUT2D eigenvalue weighted by Gasteiger charge is 2.11. The zero-order chi connectivity index (χ0) is 11.0. The lowest BCUT2D eigenvalue weighted by Gasteiger charge is -2.14. The molecular formula is C9H13N5O. The molecule has 2 aromatic heterocycles. The lowest BCUT2D eigenvalue weighted by Crippen LogP contribution is -2.13. The van der Waals surface area contributed by atoms with E-state index >= 15 is 0 Å². The second-order valence-corrected chi connectivity index (χ2v) is 3.36. The number of nitrogens with two attached hydrogens (primary N) is 1. The van der Waals surface area contributed by atoms with Crippen molar-refractivity contribution in [3.05, 3.63) is 12.1 Å². The van der Waals surface area contributed by atoms with Gasteiger partial charge < -0.3 is 15.4 Å². The quantitative estimate of drug-likeness (QED) is 0.771. The van der Waals surface area contributed by atoms with E-state index in [9.17, 15) is 0 Å². The van der Waals surface area contributed by atoms with Crippen molar-refractivity contribution in [1.82, 2.24) is 14.6 Å². The van der Waals surface area contributed by atoms with Crippen LogP contribution in [0.5, 0.6) is 5.75 Å². The Balaban J connectivity index is 2.76. The van der Waals surface area contributed by atoms with E-state index < -0.39 is 0 Å². The number of pyridine rings is 1. The Bertz CT molecular complexity index is 490. The minimum atomic E-state index is 0.239. The van der Waals surface area contributed by atoms with Gasteiger partial charge in [-0.2, -0.15) is 9.50 Å². The Morgan fingerprint density at radius 3 is 2.73 bits per heavy atom. The standard InChI is InChI=1S/C9H13N5O/c1-13(2)7-5-4-6(15-3)8-11-9(10)12-14(7)8/h4-5H,1-3H3,(H2,10,12). The Labute approximate surface area is 87.3 Å². The van der Waals surface area contributed by atoms with Gasteiger partial charge in [-0.1, -0.05) is 0 Å². The van der Waals surface area contributed by atoms with Crippen LogP contribution in [0.2, 0.25) is 0 Å². The summed E-state index contributed by atoms with van der Waals surface area (Å²) < 4.78 is 6.84. The summed E-state index contributed by atoms with van der Waals surface area (Å²) in [5.74, 6) is 1.79. The van der Waals surface area contributed by atoms with Crippen molar-refractivity contribution >= 4 is 17.4 Å². The molecule has 0 fully saturated rings. The van der Waals surface area contributed by atoms with Crippen molar-refractivity contribution in [2.45, 2.75) is 0 Å². The molecule has 0 unspecified atom stereocenters. The predicted octanol–water partition coefficient (Wildman–Crippen LogP) is 0.386. The third-order valence-electron chi connectivity index (χ3n) is 2.12. The summed E-state index contributed by atoms with van der Waals surface area (Å²) in [5.41, 5.74) is 6.19. The number of hydrogen-bond acceptors (Lipinski definition) is 5. The van der Waals surface area contributed by atoms with Gasteiger partial charge >= 0.3 is 0 Å². The van der Waals surface area contributed by atoms with Gasteiger partial charge in [0.1, 0.15) is 5.82 Å². The maximum atomic E-state index is 5.57. The molecule has 0 aliphatic heterocycles. The molecule has 2 N–H and O–H groups in total. The minimum absolute atomic E-state index is 0.239. The van der Waals surface area contributed by atoms with Gasteiger partial charge in [0.25, 0.3) is 0 Å². The number of rotatable bonds is 2. The summed E-state index contributed by atoms with van der Waals surface area (Å²) in [6.07, 6.45) is 0.